The number of hydrogen-bond donors (Lipinski definition) is 1. The molecule has 1 N–H and O–H groups in total. The second-order valence-corrected chi connectivity index (χ2v) is 5.61. The van der Waals surface area contributed by atoms with Crippen LogP contribution < -0.4 is 5.32 Å². The van der Waals surface area contributed by atoms with Gasteiger partial charge in [0.05, 0.1) is 46.2 Å². The van der Waals surface area contributed by atoms with E-state index in [9.17, 15) is 4.79 Å². The van der Waals surface area contributed by atoms with Crippen molar-refractivity contribution in [2.75, 3.05) is 59.4 Å². The molecule has 0 saturated carbocycles. The van der Waals surface area contributed by atoms with Crippen molar-refractivity contribution in [1.82, 2.24) is 5.32 Å². The van der Waals surface area contributed by atoms with Crippen LogP contribution in [0.1, 0.15) is 66.2 Å². The third kappa shape index (κ3) is 25.5. The van der Waals surface area contributed by atoms with Crippen LogP contribution in [0.4, 0.5) is 0 Å². The Bertz CT molecular complexity index is 265. The molecule has 0 radical (unpaired) electrons. The zero-order chi connectivity index (χ0) is 19.7. The summed E-state index contributed by atoms with van der Waals surface area (Å²) in [6, 6.07) is 0. The van der Waals surface area contributed by atoms with E-state index in [1.165, 1.54) is 12.8 Å². The first-order valence-electron chi connectivity index (χ1n) is 10.4. The summed E-state index contributed by atoms with van der Waals surface area (Å²) in [5, 5.41) is 2.86. The van der Waals surface area contributed by atoms with Gasteiger partial charge in [-0.25, -0.2) is 0 Å². The van der Waals surface area contributed by atoms with Crippen LogP contribution in [0.5, 0.6) is 0 Å². The fourth-order valence-corrected chi connectivity index (χ4v) is 1.97. The highest BCUT2D eigenvalue weighted by Gasteiger charge is 2.00. The van der Waals surface area contributed by atoms with Crippen LogP contribution >= 0.6 is 0 Å². The van der Waals surface area contributed by atoms with Crippen molar-refractivity contribution in [2.24, 2.45) is 0 Å². The standard InChI is InChI=1S/C18H37NO5.C2H6/c1-3-5-6-7-8-18(20)19-9-11-22-13-15-24-17-16-23-14-12-21-10-4-2;1-2/h3-17H2,1-2H3,(H,19,20);1-2H3. The first-order chi connectivity index (χ1) is 12.8. The molecule has 0 aliphatic heterocycles. The fourth-order valence-electron chi connectivity index (χ4n) is 1.97. The highest BCUT2D eigenvalue weighted by atomic mass is 16.6. The van der Waals surface area contributed by atoms with Gasteiger partial charge in [-0.1, -0.05) is 47.0 Å². The molecule has 0 unspecified atom stereocenters. The Hall–Kier alpha value is -0.690. The van der Waals surface area contributed by atoms with Crippen molar-refractivity contribution >= 4 is 5.91 Å². The van der Waals surface area contributed by atoms with Gasteiger partial charge in [0.25, 0.3) is 0 Å². The summed E-state index contributed by atoms with van der Waals surface area (Å²) in [5.74, 6) is 0.117. The Morgan fingerprint density at radius 2 is 1.15 bits per heavy atom. The topological polar surface area (TPSA) is 66.0 Å². The smallest absolute Gasteiger partial charge is 0.220 e. The van der Waals surface area contributed by atoms with Gasteiger partial charge in [0, 0.05) is 19.6 Å². The van der Waals surface area contributed by atoms with Gasteiger partial charge in [0.2, 0.25) is 5.91 Å². The molecule has 0 spiro atoms. The highest BCUT2D eigenvalue weighted by molar-refractivity contribution is 5.75. The molecule has 0 aliphatic rings. The maximum Gasteiger partial charge on any atom is 0.220 e. The van der Waals surface area contributed by atoms with Crippen molar-refractivity contribution in [2.45, 2.75) is 66.2 Å². The van der Waals surface area contributed by atoms with Gasteiger partial charge in [-0.3, -0.25) is 4.79 Å². The lowest BCUT2D eigenvalue weighted by Crippen LogP contribution is -2.27. The van der Waals surface area contributed by atoms with E-state index >= 15 is 0 Å². The van der Waals surface area contributed by atoms with Crippen molar-refractivity contribution in [3.8, 4) is 0 Å². The molecule has 0 heterocycles. The molecule has 6 heteroatoms. The molecule has 0 rings (SSSR count). The first-order valence-corrected chi connectivity index (χ1v) is 10.4. The minimum Gasteiger partial charge on any atom is -0.379 e. The molecule has 0 aromatic carbocycles. The minimum absolute atomic E-state index is 0.117. The summed E-state index contributed by atoms with van der Waals surface area (Å²) in [5.41, 5.74) is 0. The van der Waals surface area contributed by atoms with Crippen molar-refractivity contribution in [3.63, 3.8) is 0 Å². The van der Waals surface area contributed by atoms with Gasteiger partial charge in [-0.2, -0.15) is 0 Å². The first kappa shape index (κ1) is 27.5. The van der Waals surface area contributed by atoms with Crippen LogP contribution in [0, 0.1) is 0 Å². The largest absolute Gasteiger partial charge is 0.379 e. The summed E-state index contributed by atoms with van der Waals surface area (Å²) in [6.07, 6.45) is 6.15. The number of amides is 1. The van der Waals surface area contributed by atoms with Gasteiger partial charge in [0.15, 0.2) is 0 Å². The number of nitrogens with one attached hydrogen (secondary N) is 1. The third-order valence-corrected chi connectivity index (χ3v) is 3.29. The van der Waals surface area contributed by atoms with E-state index < -0.39 is 0 Å². The lowest BCUT2D eigenvalue weighted by Gasteiger charge is -2.08. The van der Waals surface area contributed by atoms with Crippen LogP contribution in [0.2, 0.25) is 0 Å². The number of unbranched alkanes of at least 4 members (excludes halogenated alkanes) is 3. The van der Waals surface area contributed by atoms with Gasteiger partial charge in [0.1, 0.15) is 0 Å². The van der Waals surface area contributed by atoms with E-state index in [1.807, 2.05) is 13.8 Å². The molecule has 0 aliphatic carbocycles. The normalized spacial score (nSPS) is 10.3. The average Bonchev–Trinajstić information content (AvgIpc) is 2.67. The second kappa shape index (κ2) is 26.5. The van der Waals surface area contributed by atoms with Crippen LogP contribution in [-0.4, -0.2) is 65.3 Å². The fraction of sp³-hybridized carbons (Fsp3) is 0.950. The Labute approximate surface area is 161 Å². The summed E-state index contributed by atoms with van der Waals surface area (Å²) in [6.45, 7) is 13.6. The quantitative estimate of drug-likeness (QED) is 0.349. The number of carbonyl (C=O) groups excluding carboxylic acids is 1. The molecule has 0 atom stereocenters. The predicted molar refractivity (Wildman–Crippen MR) is 107 cm³/mol. The summed E-state index contributed by atoms with van der Waals surface area (Å²) < 4.78 is 21.4. The van der Waals surface area contributed by atoms with Gasteiger partial charge < -0.3 is 24.3 Å². The van der Waals surface area contributed by atoms with E-state index in [0.29, 0.717) is 59.2 Å². The van der Waals surface area contributed by atoms with Crippen LogP contribution in [-0.2, 0) is 23.7 Å². The lowest BCUT2D eigenvalue weighted by molar-refractivity contribution is -0.121. The van der Waals surface area contributed by atoms with E-state index in [0.717, 1.165) is 25.9 Å². The predicted octanol–water partition coefficient (Wildman–Crippen LogP) is 3.58. The number of rotatable bonds is 19. The summed E-state index contributed by atoms with van der Waals surface area (Å²) >= 11 is 0. The second-order valence-electron chi connectivity index (χ2n) is 5.61. The summed E-state index contributed by atoms with van der Waals surface area (Å²) in [4.78, 5) is 11.5. The van der Waals surface area contributed by atoms with Crippen LogP contribution in [0.3, 0.4) is 0 Å². The summed E-state index contributed by atoms with van der Waals surface area (Å²) in [7, 11) is 0. The Kier molecular flexibility index (Phi) is 28.1. The SMILES string of the molecule is CC.CCCCCCC(=O)NCCOCCOCCOCCOCCC. The maximum absolute atomic E-state index is 11.5. The number of carbonyl (C=O) groups is 1. The monoisotopic (exact) mass is 377 g/mol. The number of hydrogen-bond acceptors (Lipinski definition) is 5. The highest BCUT2D eigenvalue weighted by Crippen LogP contribution is 2.01. The van der Waals surface area contributed by atoms with Crippen LogP contribution in [0.15, 0.2) is 0 Å². The lowest BCUT2D eigenvalue weighted by atomic mass is 10.1. The Morgan fingerprint density at radius 3 is 1.65 bits per heavy atom. The molecule has 158 valence electrons. The van der Waals surface area contributed by atoms with Crippen molar-refractivity contribution in [3.05, 3.63) is 0 Å². The molecular formula is C20H43NO5. The minimum atomic E-state index is 0.117. The molecule has 6 nitrogen and oxygen atoms in total. The zero-order valence-electron chi connectivity index (χ0n) is 17.6. The molecule has 1 amide bonds. The molecule has 0 fully saturated rings. The van der Waals surface area contributed by atoms with E-state index in [4.69, 9.17) is 18.9 Å². The Morgan fingerprint density at radius 1 is 0.654 bits per heavy atom. The van der Waals surface area contributed by atoms with Gasteiger partial charge in [-0.15, -0.1) is 0 Å². The zero-order valence-corrected chi connectivity index (χ0v) is 17.6. The molecular weight excluding hydrogens is 334 g/mol. The molecule has 0 aromatic heterocycles. The van der Waals surface area contributed by atoms with Crippen molar-refractivity contribution in [1.29, 1.82) is 0 Å². The van der Waals surface area contributed by atoms with E-state index in [-0.39, 0.29) is 5.91 Å². The molecule has 26 heavy (non-hydrogen) atoms. The molecule has 0 saturated heterocycles. The third-order valence-electron chi connectivity index (χ3n) is 3.29. The van der Waals surface area contributed by atoms with E-state index in [2.05, 4.69) is 19.2 Å². The van der Waals surface area contributed by atoms with Crippen molar-refractivity contribution < 1.29 is 23.7 Å². The van der Waals surface area contributed by atoms with Crippen LogP contribution in [0.25, 0.3) is 0 Å². The van der Waals surface area contributed by atoms with Gasteiger partial charge >= 0.3 is 0 Å². The Balaban J connectivity index is 0. The number of ether oxygens (including phenoxy) is 4. The average molecular weight is 378 g/mol. The molecule has 0 bridgehead atoms. The van der Waals surface area contributed by atoms with E-state index in [1.54, 1.807) is 0 Å². The maximum atomic E-state index is 11.5. The van der Waals surface area contributed by atoms with Gasteiger partial charge in [-0.05, 0) is 12.8 Å². The molecule has 0 aromatic rings.